The molecule has 0 fully saturated rings. The van der Waals surface area contributed by atoms with Crippen LogP contribution in [0.25, 0.3) is 11.5 Å². The lowest BCUT2D eigenvalue weighted by atomic mass is 10.2. The van der Waals surface area contributed by atoms with Crippen molar-refractivity contribution in [3.8, 4) is 11.5 Å². The van der Waals surface area contributed by atoms with E-state index >= 15 is 0 Å². The van der Waals surface area contributed by atoms with Crippen LogP contribution in [0.15, 0.2) is 68.8 Å². The molecule has 0 bridgehead atoms. The first kappa shape index (κ1) is 23.0. The van der Waals surface area contributed by atoms with Crippen LogP contribution < -0.4 is 10.6 Å². The number of aliphatic imine (C=N–C) groups is 1. The number of furan rings is 1. The molecule has 0 saturated heterocycles. The first-order valence-electron chi connectivity index (χ1n) is 9.47. The van der Waals surface area contributed by atoms with Crippen LogP contribution >= 0.6 is 24.0 Å². The van der Waals surface area contributed by atoms with Crippen molar-refractivity contribution in [3.63, 3.8) is 0 Å². The molecule has 0 radical (unpaired) electrons. The van der Waals surface area contributed by atoms with E-state index in [4.69, 9.17) is 13.6 Å². The van der Waals surface area contributed by atoms with E-state index in [1.165, 1.54) is 0 Å². The van der Waals surface area contributed by atoms with E-state index in [0.29, 0.717) is 25.6 Å². The molecule has 0 atom stereocenters. The number of hydrogen-bond acceptors (Lipinski definition) is 5. The van der Waals surface area contributed by atoms with Crippen LogP contribution in [0.1, 0.15) is 24.8 Å². The number of ether oxygens (including phenoxy) is 1. The minimum atomic E-state index is 0. The summed E-state index contributed by atoms with van der Waals surface area (Å²) in [7, 11) is 0. The minimum Gasteiger partial charge on any atom is -0.467 e. The molecule has 0 aliphatic carbocycles. The molecule has 2 N–H and O–H groups in total. The predicted molar refractivity (Wildman–Crippen MR) is 123 cm³/mol. The summed E-state index contributed by atoms with van der Waals surface area (Å²) < 4.78 is 16.4. The van der Waals surface area contributed by atoms with Gasteiger partial charge in [0.1, 0.15) is 24.3 Å². The monoisotopic (exact) mass is 510 g/mol. The minimum absolute atomic E-state index is 0. The number of rotatable bonds is 10. The average Bonchev–Trinajstić information content (AvgIpc) is 3.41. The molecule has 3 rings (SSSR count). The maximum absolute atomic E-state index is 5.58. The number of guanidine groups is 1. The van der Waals surface area contributed by atoms with Crippen molar-refractivity contribution >= 4 is 29.9 Å². The highest BCUT2D eigenvalue weighted by atomic mass is 127. The Balaban J connectivity index is 0.00000300. The van der Waals surface area contributed by atoms with Gasteiger partial charge in [-0.15, -0.1) is 24.0 Å². The van der Waals surface area contributed by atoms with Gasteiger partial charge in [0.2, 0.25) is 5.89 Å². The number of aromatic nitrogens is 1. The Labute approximate surface area is 188 Å². The molecule has 2 heterocycles. The van der Waals surface area contributed by atoms with Crippen LogP contribution in [0.5, 0.6) is 0 Å². The highest BCUT2D eigenvalue weighted by molar-refractivity contribution is 14.0. The van der Waals surface area contributed by atoms with Crippen LogP contribution in [0.4, 0.5) is 0 Å². The van der Waals surface area contributed by atoms with E-state index in [1.807, 2.05) is 49.4 Å². The molecule has 0 aliphatic rings. The van der Waals surface area contributed by atoms with E-state index in [-0.39, 0.29) is 24.0 Å². The van der Waals surface area contributed by atoms with E-state index in [2.05, 4.69) is 20.6 Å². The Morgan fingerprint density at radius 2 is 1.97 bits per heavy atom. The molecule has 0 unspecified atom stereocenters. The zero-order valence-electron chi connectivity index (χ0n) is 16.5. The molecule has 3 aromatic rings. The normalized spacial score (nSPS) is 11.1. The van der Waals surface area contributed by atoms with Crippen molar-refractivity contribution < 1.29 is 13.6 Å². The Hall–Kier alpha value is -2.33. The molecule has 0 spiro atoms. The summed E-state index contributed by atoms with van der Waals surface area (Å²) in [5.41, 5.74) is 1.75. The highest BCUT2D eigenvalue weighted by Crippen LogP contribution is 2.18. The summed E-state index contributed by atoms with van der Waals surface area (Å²) >= 11 is 0. The van der Waals surface area contributed by atoms with Gasteiger partial charge in [0.25, 0.3) is 0 Å². The number of benzene rings is 1. The number of oxazole rings is 1. The number of hydrogen-bond donors (Lipinski definition) is 2. The number of halogens is 1. The third-order valence-electron chi connectivity index (χ3n) is 3.90. The first-order valence-corrected chi connectivity index (χ1v) is 9.47. The summed E-state index contributed by atoms with van der Waals surface area (Å²) in [6.07, 6.45) is 4.17. The topological polar surface area (TPSA) is 84.8 Å². The van der Waals surface area contributed by atoms with Gasteiger partial charge >= 0.3 is 0 Å². The first-order chi connectivity index (χ1) is 13.8. The van der Waals surface area contributed by atoms with Crippen LogP contribution in [-0.4, -0.2) is 30.6 Å². The fraction of sp³-hybridized carbons (Fsp3) is 0.333. The lowest BCUT2D eigenvalue weighted by Crippen LogP contribution is -2.38. The third kappa shape index (κ3) is 7.90. The number of nitrogens with zero attached hydrogens (tertiary/aromatic N) is 2. The van der Waals surface area contributed by atoms with Crippen LogP contribution in [-0.2, 0) is 17.9 Å². The molecule has 29 heavy (non-hydrogen) atoms. The van der Waals surface area contributed by atoms with Gasteiger partial charge in [-0.3, -0.25) is 0 Å². The van der Waals surface area contributed by atoms with Crippen molar-refractivity contribution in [2.24, 2.45) is 4.99 Å². The molecule has 1 aromatic carbocycles. The summed E-state index contributed by atoms with van der Waals surface area (Å²) in [6, 6.07) is 13.6. The Kier molecular flexibility index (Phi) is 10.3. The molecule has 7 nitrogen and oxygen atoms in total. The fourth-order valence-corrected chi connectivity index (χ4v) is 2.54. The molecular weight excluding hydrogens is 483 g/mol. The van der Waals surface area contributed by atoms with E-state index < -0.39 is 0 Å². The molecule has 0 amide bonds. The summed E-state index contributed by atoms with van der Waals surface area (Å²) in [4.78, 5) is 9.06. The van der Waals surface area contributed by atoms with Gasteiger partial charge in [-0.2, -0.15) is 0 Å². The summed E-state index contributed by atoms with van der Waals surface area (Å²) in [6.45, 7) is 5.18. The molecule has 8 heteroatoms. The van der Waals surface area contributed by atoms with Gasteiger partial charge in [0, 0.05) is 25.3 Å². The van der Waals surface area contributed by atoms with Crippen molar-refractivity contribution in [2.75, 3.05) is 19.7 Å². The Morgan fingerprint density at radius 3 is 2.72 bits per heavy atom. The van der Waals surface area contributed by atoms with Gasteiger partial charge in [0.15, 0.2) is 5.96 Å². The third-order valence-corrected chi connectivity index (χ3v) is 3.90. The molecular formula is C21H27IN4O3. The molecule has 0 saturated carbocycles. The quantitative estimate of drug-likeness (QED) is 0.184. The zero-order valence-corrected chi connectivity index (χ0v) is 18.8. The van der Waals surface area contributed by atoms with E-state index in [9.17, 15) is 0 Å². The SMILES string of the molecule is CCNC(=NCc1coc(-c2ccccc2)n1)NCCCOCc1ccco1.I. The van der Waals surface area contributed by atoms with Crippen molar-refractivity contribution in [2.45, 2.75) is 26.5 Å². The van der Waals surface area contributed by atoms with Crippen LogP contribution in [0.2, 0.25) is 0 Å². The molecule has 156 valence electrons. The summed E-state index contributed by atoms with van der Waals surface area (Å²) in [5, 5.41) is 6.53. The Bertz CT molecular complexity index is 835. The smallest absolute Gasteiger partial charge is 0.226 e. The zero-order chi connectivity index (χ0) is 19.4. The van der Waals surface area contributed by atoms with Crippen LogP contribution in [0, 0.1) is 0 Å². The van der Waals surface area contributed by atoms with Crippen LogP contribution in [0.3, 0.4) is 0 Å². The van der Waals surface area contributed by atoms with Gasteiger partial charge in [-0.25, -0.2) is 9.98 Å². The second-order valence-electron chi connectivity index (χ2n) is 6.12. The van der Waals surface area contributed by atoms with Gasteiger partial charge in [0.05, 0.1) is 12.8 Å². The van der Waals surface area contributed by atoms with Gasteiger partial charge in [-0.1, -0.05) is 18.2 Å². The highest BCUT2D eigenvalue weighted by Gasteiger charge is 2.06. The van der Waals surface area contributed by atoms with Crippen molar-refractivity contribution in [1.82, 2.24) is 15.6 Å². The molecule has 0 aliphatic heterocycles. The van der Waals surface area contributed by atoms with E-state index in [1.54, 1.807) is 12.5 Å². The second kappa shape index (κ2) is 13.0. The largest absolute Gasteiger partial charge is 0.467 e. The molecule has 2 aromatic heterocycles. The second-order valence-corrected chi connectivity index (χ2v) is 6.12. The summed E-state index contributed by atoms with van der Waals surface area (Å²) in [5.74, 6) is 2.20. The lowest BCUT2D eigenvalue weighted by molar-refractivity contribution is 0.105. The maximum atomic E-state index is 5.58. The van der Waals surface area contributed by atoms with E-state index in [0.717, 1.165) is 42.5 Å². The maximum Gasteiger partial charge on any atom is 0.226 e. The van der Waals surface area contributed by atoms with Crippen molar-refractivity contribution in [1.29, 1.82) is 0 Å². The Morgan fingerprint density at radius 1 is 1.10 bits per heavy atom. The van der Waals surface area contributed by atoms with Gasteiger partial charge < -0.3 is 24.2 Å². The van der Waals surface area contributed by atoms with Gasteiger partial charge in [-0.05, 0) is 37.6 Å². The predicted octanol–water partition coefficient (Wildman–Crippen LogP) is 4.21. The lowest BCUT2D eigenvalue weighted by Gasteiger charge is -2.10. The van der Waals surface area contributed by atoms with Crippen molar-refractivity contribution in [3.05, 3.63) is 66.4 Å². The standard InChI is InChI=1S/C21H26N4O3.HI/c1-2-22-21(23-11-7-12-26-16-19-10-6-13-27-19)24-14-18-15-28-20(25-18)17-8-4-3-5-9-17;/h3-6,8-10,13,15H,2,7,11-12,14,16H2,1H3,(H2,22,23,24);1H. The number of nitrogens with one attached hydrogen (secondary N) is 2. The average molecular weight is 510 g/mol. The fourth-order valence-electron chi connectivity index (χ4n) is 2.54.